The molecule has 100 valence electrons. The van der Waals surface area contributed by atoms with E-state index < -0.39 is 5.54 Å². The van der Waals surface area contributed by atoms with Crippen molar-refractivity contribution < 1.29 is 9.53 Å². The molecule has 0 spiro atoms. The molecule has 1 fully saturated rings. The summed E-state index contributed by atoms with van der Waals surface area (Å²) < 4.78 is 5.27. The van der Waals surface area contributed by atoms with Gasteiger partial charge in [-0.15, -0.1) is 0 Å². The normalized spacial score (nSPS) is 30.1. The Hall–Kier alpha value is -0.610. The minimum absolute atomic E-state index is 0.0332. The summed E-state index contributed by atoms with van der Waals surface area (Å²) in [5.41, 5.74) is 5.19. The second-order valence-electron chi connectivity index (χ2n) is 6.00. The maximum Gasteiger partial charge on any atom is 0.240 e. The lowest BCUT2D eigenvalue weighted by molar-refractivity contribution is -0.129. The van der Waals surface area contributed by atoms with Gasteiger partial charge < -0.3 is 15.8 Å². The van der Waals surface area contributed by atoms with Crippen molar-refractivity contribution in [1.29, 1.82) is 0 Å². The summed E-state index contributed by atoms with van der Waals surface area (Å²) in [5.74, 6) is 0.504. The highest BCUT2D eigenvalue weighted by Gasteiger charge is 2.38. The molecular formula is C13H26N2O2. The number of hydrogen-bond acceptors (Lipinski definition) is 3. The third kappa shape index (κ3) is 3.96. The van der Waals surface area contributed by atoms with Gasteiger partial charge >= 0.3 is 0 Å². The molecule has 1 aliphatic carbocycles. The van der Waals surface area contributed by atoms with Crippen LogP contribution in [0.25, 0.3) is 0 Å². The number of methoxy groups -OCH3 is 1. The molecule has 0 heterocycles. The molecule has 0 aliphatic heterocycles. The minimum Gasteiger partial charge on any atom is -0.377 e. The third-order valence-electron chi connectivity index (χ3n) is 3.71. The van der Waals surface area contributed by atoms with Crippen LogP contribution in [0.3, 0.4) is 0 Å². The van der Waals surface area contributed by atoms with Crippen molar-refractivity contribution in [3.8, 4) is 0 Å². The van der Waals surface area contributed by atoms with E-state index in [0.29, 0.717) is 12.5 Å². The summed E-state index contributed by atoms with van der Waals surface area (Å²) >= 11 is 0. The van der Waals surface area contributed by atoms with Crippen LogP contribution in [-0.4, -0.2) is 30.7 Å². The van der Waals surface area contributed by atoms with E-state index >= 15 is 0 Å². The van der Waals surface area contributed by atoms with Gasteiger partial charge in [0.2, 0.25) is 5.91 Å². The van der Waals surface area contributed by atoms with Crippen molar-refractivity contribution in [3.63, 3.8) is 0 Å². The SMILES string of the molecule is COC(C)(C)CNC(=O)C1(N)CCCC(C)C1. The Labute approximate surface area is 104 Å². The van der Waals surface area contributed by atoms with E-state index in [9.17, 15) is 4.79 Å². The highest BCUT2D eigenvalue weighted by atomic mass is 16.5. The molecule has 0 bridgehead atoms. The van der Waals surface area contributed by atoms with Gasteiger partial charge in [-0.2, -0.15) is 0 Å². The van der Waals surface area contributed by atoms with Crippen molar-refractivity contribution in [2.75, 3.05) is 13.7 Å². The predicted octanol–water partition coefficient (Wildman–Crippen LogP) is 1.44. The number of amides is 1. The molecule has 2 unspecified atom stereocenters. The molecule has 4 heteroatoms. The van der Waals surface area contributed by atoms with Gasteiger partial charge in [-0.1, -0.05) is 19.8 Å². The van der Waals surface area contributed by atoms with Gasteiger partial charge in [0.15, 0.2) is 0 Å². The third-order valence-corrected chi connectivity index (χ3v) is 3.71. The standard InChI is InChI=1S/C13H26N2O2/c1-10-6-5-7-13(14,8-10)11(16)15-9-12(2,3)17-4/h10H,5-9,14H2,1-4H3,(H,15,16). The fourth-order valence-corrected chi connectivity index (χ4v) is 2.34. The topological polar surface area (TPSA) is 64.3 Å². The van der Waals surface area contributed by atoms with Crippen molar-refractivity contribution in [3.05, 3.63) is 0 Å². The van der Waals surface area contributed by atoms with Gasteiger partial charge in [0.1, 0.15) is 0 Å². The lowest BCUT2D eigenvalue weighted by Crippen LogP contribution is -2.58. The molecule has 1 amide bonds. The average molecular weight is 242 g/mol. The van der Waals surface area contributed by atoms with Crippen LogP contribution in [-0.2, 0) is 9.53 Å². The Morgan fingerprint density at radius 2 is 2.24 bits per heavy atom. The Kier molecular flexibility index (Phi) is 4.55. The maximum atomic E-state index is 12.1. The molecule has 0 radical (unpaired) electrons. The van der Waals surface area contributed by atoms with Crippen molar-refractivity contribution in [2.24, 2.45) is 11.7 Å². The summed E-state index contributed by atoms with van der Waals surface area (Å²) in [5, 5.41) is 2.92. The van der Waals surface area contributed by atoms with Gasteiger partial charge in [0.25, 0.3) is 0 Å². The molecule has 1 aliphatic rings. The van der Waals surface area contributed by atoms with Crippen LogP contribution < -0.4 is 11.1 Å². The number of nitrogens with two attached hydrogens (primary N) is 1. The quantitative estimate of drug-likeness (QED) is 0.784. The first-order chi connectivity index (χ1) is 7.79. The van der Waals surface area contributed by atoms with E-state index in [2.05, 4.69) is 12.2 Å². The largest absolute Gasteiger partial charge is 0.377 e. The van der Waals surface area contributed by atoms with Crippen molar-refractivity contribution in [2.45, 2.75) is 57.6 Å². The Morgan fingerprint density at radius 3 is 2.76 bits per heavy atom. The second kappa shape index (κ2) is 5.36. The molecule has 0 aromatic carbocycles. The Balaban J connectivity index is 2.51. The molecule has 0 aromatic heterocycles. The number of carbonyl (C=O) groups is 1. The van der Waals surface area contributed by atoms with Crippen molar-refractivity contribution in [1.82, 2.24) is 5.32 Å². The number of hydrogen-bond donors (Lipinski definition) is 2. The van der Waals surface area contributed by atoms with Crippen LogP contribution in [0, 0.1) is 5.92 Å². The molecule has 4 nitrogen and oxygen atoms in total. The summed E-state index contributed by atoms with van der Waals surface area (Å²) in [6, 6.07) is 0. The minimum atomic E-state index is -0.679. The van der Waals surface area contributed by atoms with E-state index in [1.165, 1.54) is 6.42 Å². The smallest absolute Gasteiger partial charge is 0.240 e. The van der Waals surface area contributed by atoms with E-state index in [1.807, 2.05) is 13.8 Å². The van der Waals surface area contributed by atoms with Crippen LogP contribution in [0.4, 0.5) is 0 Å². The summed E-state index contributed by atoms with van der Waals surface area (Å²) in [4.78, 5) is 12.1. The number of ether oxygens (including phenoxy) is 1. The van der Waals surface area contributed by atoms with E-state index in [4.69, 9.17) is 10.5 Å². The maximum absolute atomic E-state index is 12.1. The van der Waals surface area contributed by atoms with Gasteiger partial charge in [-0.25, -0.2) is 0 Å². The summed E-state index contributed by atoms with van der Waals surface area (Å²) in [7, 11) is 1.65. The average Bonchev–Trinajstić information content (AvgIpc) is 2.25. The predicted molar refractivity (Wildman–Crippen MR) is 68.6 cm³/mol. The Bertz CT molecular complexity index is 279. The zero-order valence-corrected chi connectivity index (χ0v) is 11.5. The summed E-state index contributed by atoms with van der Waals surface area (Å²) in [6.45, 7) is 6.54. The lowest BCUT2D eigenvalue weighted by atomic mass is 9.76. The second-order valence-corrected chi connectivity index (χ2v) is 6.00. The van der Waals surface area contributed by atoms with Crippen LogP contribution >= 0.6 is 0 Å². The van der Waals surface area contributed by atoms with E-state index in [1.54, 1.807) is 7.11 Å². The molecule has 0 aromatic rings. The number of rotatable bonds is 4. The highest BCUT2D eigenvalue weighted by molar-refractivity contribution is 5.86. The molecule has 0 saturated heterocycles. The first-order valence-corrected chi connectivity index (χ1v) is 6.41. The van der Waals surface area contributed by atoms with Gasteiger partial charge in [0.05, 0.1) is 11.1 Å². The Morgan fingerprint density at radius 1 is 1.59 bits per heavy atom. The zero-order valence-electron chi connectivity index (χ0n) is 11.5. The summed E-state index contributed by atoms with van der Waals surface area (Å²) in [6.07, 6.45) is 3.79. The monoisotopic (exact) mass is 242 g/mol. The van der Waals surface area contributed by atoms with Crippen LogP contribution in [0.1, 0.15) is 46.5 Å². The fourth-order valence-electron chi connectivity index (χ4n) is 2.34. The lowest BCUT2D eigenvalue weighted by Gasteiger charge is -2.36. The molecular weight excluding hydrogens is 216 g/mol. The molecule has 17 heavy (non-hydrogen) atoms. The van der Waals surface area contributed by atoms with Crippen LogP contribution in [0.2, 0.25) is 0 Å². The number of nitrogens with one attached hydrogen (secondary N) is 1. The zero-order chi connectivity index (χ0) is 13.1. The van der Waals surface area contributed by atoms with E-state index in [0.717, 1.165) is 19.3 Å². The van der Waals surface area contributed by atoms with Crippen LogP contribution in [0.5, 0.6) is 0 Å². The first-order valence-electron chi connectivity index (χ1n) is 6.41. The fraction of sp³-hybridized carbons (Fsp3) is 0.923. The number of carbonyl (C=O) groups excluding carboxylic acids is 1. The molecule has 1 rings (SSSR count). The molecule has 1 saturated carbocycles. The first kappa shape index (κ1) is 14.5. The van der Waals surface area contributed by atoms with Gasteiger partial charge in [-0.3, -0.25) is 4.79 Å². The molecule has 2 atom stereocenters. The van der Waals surface area contributed by atoms with E-state index in [-0.39, 0.29) is 11.5 Å². The van der Waals surface area contributed by atoms with Crippen LogP contribution in [0.15, 0.2) is 0 Å². The van der Waals surface area contributed by atoms with Gasteiger partial charge in [0, 0.05) is 13.7 Å². The molecule has 3 N–H and O–H groups in total. The van der Waals surface area contributed by atoms with Gasteiger partial charge in [-0.05, 0) is 32.6 Å². The highest BCUT2D eigenvalue weighted by Crippen LogP contribution is 2.30. The van der Waals surface area contributed by atoms with Crippen molar-refractivity contribution >= 4 is 5.91 Å².